The summed E-state index contributed by atoms with van der Waals surface area (Å²) in [5.41, 5.74) is 1.23. The molecule has 8 heteroatoms. The molecule has 0 aliphatic rings. The zero-order valence-corrected chi connectivity index (χ0v) is 17.4. The number of nitrogens with one attached hydrogen (secondary N) is 1. The summed E-state index contributed by atoms with van der Waals surface area (Å²) in [5.74, 6) is -0.0543. The van der Waals surface area contributed by atoms with E-state index in [0.29, 0.717) is 32.2 Å². The standard InChI is InChI=1S/C18H21Cl2N3O2S/c1-10(2)7-16-21-11(3)17(26-16)18(25)23(4)9-15(24)22-12-5-6-13(19)14(20)8-12/h5-6,8,10H,7,9H2,1-4H3,(H,22,24). The second kappa shape index (κ2) is 8.84. The normalized spacial score (nSPS) is 10.9. The van der Waals surface area contributed by atoms with E-state index in [1.165, 1.54) is 16.2 Å². The molecule has 26 heavy (non-hydrogen) atoms. The van der Waals surface area contributed by atoms with Gasteiger partial charge in [-0.25, -0.2) is 4.98 Å². The minimum atomic E-state index is -0.316. The monoisotopic (exact) mass is 413 g/mol. The summed E-state index contributed by atoms with van der Waals surface area (Å²) in [6.07, 6.45) is 0.834. The highest BCUT2D eigenvalue weighted by Gasteiger charge is 2.21. The second-order valence-corrected chi connectivity index (χ2v) is 8.36. The predicted molar refractivity (Wildman–Crippen MR) is 107 cm³/mol. The third-order valence-electron chi connectivity index (χ3n) is 3.55. The van der Waals surface area contributed by atoms with Crippen molar-refractivity contribution in [2.75, 3.05) is 18.9 Å². The van der Waals surface area contributed by atoms with Crippen LogP contribution >= 0.6 is 34.5 Å². The Morgan fingerprint density at radius 2 is 1.96 bits per heavy atom. The lowest BCUT2D eigenvalue weighted by Gasteiger charge is -2.16. The minimum Gasteiger partial charge on any atom is -0.332 e. The number of hydrogen-bond donors (Lipinski definition) is 1. The number of amides is 2. The van der Waals surface area contributed by atoms with E-state index in [2.05, 4.69) is 24.1 Å². The number of aromatic nitrogens is 1. The molecule has 0 aliphatic carbocycles. The van der Waals surface area contributed by atoms with Gasteiger partial charge in [-0.05, 0) is 31.0 Å². The molecule has 0 aliphatic heterocycles. The third kappa shape index (κ3) is 5.43. The maximum atomic E-state index is 12.6. The molecule has 2 amide bonds. The Kier molecular flexibility index (Phi) is 7.03. The molecule has 1 aromatic heterocycles. The zero-order chi connectivity index (χ0) is 19.4. The number of benzene rings is 1. The van der Waals surface area contributed by atoms with Crippen LogP contribution in [0.15, 0.2) is 18.2 Å². The molecule has 1 N–H and O–H groups in total. The predicted octanol–water partition coefficient (Wildman–Crippen LogP) is 4.67. The van der Waals surface area contributed by atoms with Gasteiger partial charge in [0.1, 0.15) is 4.88 Å². The highest BCUT2D eigenvalue weighted by molar-refractivity contribution is 7.13. The number of aryl methyl sites for hydroxylation is 1. The van der Waals surface area contributed by atoms with Crippen molar-refractivity contribution in [3.8, 4) is 0 Å². The lowest BCUT2D eigenvalue weighted by Crippen LogP contribution is -2.34. The van der Waals surface area contributed by atoms with Crippen LogP contribution in [-0.2, 0) is 11.2 Å². The number of nitrogens with zero attached hydrogens (tertiary/aromatic N) is 2. The van der Waals surface area contributed by atoms with Crippen molar-refractivity contribution in [1.29, 1.82) is 0 Å². The summed E-state index contributed by atoms with van der Waals surface area (Å²) >= 11 is 13.2. The van der Waals surface area contributed by atoms with Gasteiger partial charge in [0.15, 0.2) is 0 Å². The molecular formula is C18H21Cl2N3O2S. The van der Waals surface area contributed by atoms with Crippen LogP contribution < -0.4 is 5.32 Å². The van der Waals surface area contributed by atoms with Crippen molar-refractivity contribution in [2.45, 2.75) is 27.2 Å². The number of anilines is 1. The van der Waals surface area contributed by atoms with E-state index in [-0.39, 0.29) is 18.4 Å². The first kappa shape index (κ1) is 20.7. The lowest BCUT2D eigenvalue weighted by molar-refractivity contribution is -0.116. The maximum Gasteiger partial charge on any atom is 0.266 e. The average molecular weight is 414 g/mol. The smallest absolute Gasteiger partial charge is 0.266 e. The van der Waals surface area contributed by atoms with Gasteiger partial charge in [0.05, 0.1) is 27.3 Å². The van der Waals surface area contributed by atoms with Crippen LogP contribution in [-0.4, -0.2) is 35.3 Å². The van der Waals surface area contributed by atoms with Gasteiger partial charge in [-0.3, -0.25) is 9.59 Å². The van der Waals surface area contributed by atoms with Gasteiger partial charge in [0.25, 0.3) is 5.91 Å². The highest BCUT2D eigenvalue weighted by Crippen LogP contribution is 2.25. The van der Waals surface area contributed by atoms with Gasteiger partial charge >= 0.3 is 0 Å². The number of likely N-dealkylation sites (N-methyl/N-ethyl adjacent to an activating group) is 1. The van der Waals surface area contributed by atoms with Crippen LogP contribution in [0.2, 0.25) is 10.0 Å². The Balaban J connectivity index is 2.00. The van der Waals surface area contributed by atoms with Gasteiger partial charge < -0.3 is 10.2 Å². The van der Waals surface area contributed by atoms with Crippen LogP contribution in [0, 0.1) is 12.8 Å². The van der Waals surface area contributed by atoms with Crippen LogP contribution in [0.1, 0.15) is 34.2 Å². The van der Waals surface area contributed by atoms with Crippen molar-refractivity contribution in [3.05, 3.63) is 43.8 Å². The topological polar surface area (TPSA) is 62.3 Å². The largest absolute Gasteiger partial charge is 0.332 e. The van der Waals surface area contributed by atoms with Crippen LogP contribution in [0.5, 0.6) is 0 Å². The first-order valence-corrected chi connectivity index (χ1v) is 9.71. The molecule has 0 atom stereocenters. The molecule has 0 saturated carbocycles. The van der Waals surface area contributed by atoms with Crippen LogP contribution in [0.4, 0.5) is 5.69 Å². The number of thiazole rings is 1. The fraction of sp³-hybridized carbons (Fsp3) is 0.389. The first-order chi connectivity index (χ1) is 12.2. The Hall–Kier alpha value is -1.63. The van der Waals surface area contributed by atoms with Gasteiger partial charge in [-0.2, -0.15) is 0 Å². The van der Waals surface area contributed by atoms with E-state index in [0.717, 1.165) is 11.4 Å². The first-order valence-electron chi connectivity index (χ1n) is 8.14. The number of halogens is 2. The Morgan fingerprint density at radius 3 is 2.58 bits per heavy atom. The number of rotatable bonds is 6. The van der Waals surface area contributed by atoms with Crippen molar-refractivity contribution in [3.63, 3.8) is 0 Å². The SMILES string of the molecule is Cc1nc(CC(C)C)sc1C(=O)N(C)CC(=O)Nc1ccc(Cl)c(Cl)c1. The molecule has 0 radical (unpaired) electrons. The molecule has 0 fully saturated rings. The molecule has 140 valence electrons. The van der Waals surface area contributed by atoms with E-state index in [1.807, 2.05) is 6.92 Å². The van der Waals surface area contributed by atoms with Gasteiger partial charge in [0.2, 0.25) is 5.91 Å². The molecule has 0 saturated heterocycles. The second-order valence-electron chi connectivity index (χ2n) is 6.46. The zero-order valence-electron chi connectivity index (χ0n) is 15.1. The van der Waals surface area contributed by atoms with Crippen molar-refractivity contribution >= 4 is 52.0 Å². The van der Waals surface area contributed by atoms with E-state index in [1.54, 1.807) is 25.2 Å². The van der Waals surface area contributed by atoms with E-state index in [4.69, 9.17) is 23.2 Å². The average Bonchev–Trinajstić information content (AvgIpc) is 2.89. The molecular weight excluding hydrogens is 393 g/mol. The molecule has 2 aromatic rings. The minimum absolute atomic E-state index is 0.0735. The fourth-order valence-corrected chi connectivity index (χ4v) is 3.89. The van der Waals surface area contributed by atoms with E-state index < -0.39 is 0 Å². The van der Waals surface area contributed by atoms with Gasteiger partial charge in [-0.15, -0.1) is 11.3 Å². The number of hydrogen-bond acceptors (Lipinski definition) is 4. The quantitative estimate of drug-likeness (QED) is 0.748. The van der Waals surface area contributed by atoms with Crippen molar-refractivity contribution < 1.29 is 9.59 Å². The molecule has 2 rings (SSSR count). The summed E-state index contributed by atoms with van der Waals surface area (Å²) < 4.78 is 0. The van der Waals surface area contributed by atoms with Gasteiger partial charge in [0, 0.05) is 19.2 Å². The van der Waals surface area contributed by atoms with Crippen LogP contribution in [0.25, 0.3) is 0 Å². The van der Waals surface area contributed by atoms with E-state index in [9.17, 15) is 9.59 Å². The summed E-state index contributed by atoms with van der Waals surface area (Å²) in [5, 5.41) is 4.41. The summed E-state index contributed by atoms with van der Waals surface area (Å²) in [7, 11) is 1.60. The maximum absolute atomic E-state index is 12.6. The Labute approximate surface area is 167 Å². The third-order valence-corrected chi connectivity index (χ3v) is 5.46. The Morgan fingerprint density at radius 1 is 1.27 bits per heavy atom. The number of carbonyl (C=O) groups excluding carboxylic acids is 2. The van der Waals surface area contributed by atoms with Gasteiger partial charge in [-0.1, -0.05) is 37.0 Å². The van der Waals surface area contributed by atoms with Crippen molar-refractivity contribution in [1.82, 2.24) is 9.88 Å². The number of carbonyl (C=O) groups is 2. The molecule has 1 aromatic carbocycles. The molecule has 0 unspecified atom stereocenters. The summed E-state index contributed by atoms with van der Waals surface area (Å²) in [6.45, 7) is 5.96. The van der Waals surface area contributed by atoms with Crippen molar-refractivity contribution in [2.24, 2.45) is 5.92 Å². The molecule has 1 heterocycles. The molecule has 0 spiro atoms. The fourth-order valence-electron chi connectivity index (χ4n) is 2.32. The molecule has 0 bridgehead atoms. The Bertz CT molecular complexity index is 821. The summed E-state index contributed by atoms with van der Waals surface area (Å²) in [6, 6.07) is 4.82. The lowest BCUT2D eigenvalue weighted by atomic mass is 10.1. The highest BCUT2D eigenvalue weighted by atomic mass is 35.5. The van der Waals surface area contributed by atoms with Crippen LogP contribution in [0.3, 0.4) is 0 Å². The summed E-state index contributed by atoms with van der Waals surface area (Å²) in [4.78, 5) is 31.2. The molecule has 5 nitrogen and oxygen atoms in total. The van der Waals surface area contributed by atoms with E-state index >= 15 is 0 Å².